The van der Waals surface area contributed by atoms with Crippen LogP contribution < -0.4 is 21.9 Å². The molecular weight excluding hydrogens is 435 g/mol. The molecule has 168 valence electrons. The van der Waals surface area contributed by atoms with Crippen molar-refractivity contribution in [3.05, 3.63) is 69.2 Å². The van der Waals surface area contributed by atoms with Gasteiger partial charge in [-0.25, -0.2) is 14.4 Å². The Morgan fingerprint density at radius 3 is 2.62 bits per heavy atom. The summed E-state index contributed by atoms with van der Waals surface area (Å²) in [6.45, 7) is 7.07. The lowest BCUT2D eigenvalue weighted by Gasteiger charge is -2.21. The Balaban J connectivity index is 2.12. The summed E-state index contributed by atoms with van der Waals surface area (Å²) in [7, 11) is 0. The molecule has 0 radical (unpaired) electrons. The van der Waals surface area contributed by atoms with Gasteiger partial charge in [0.15, 0.2) is 0 Å². The maximum absolute atomic E-state index is 14.5. The predicted octanol–water partition coefficient (Wildman–Crippen LogP) is 3.92. The van der Waals surface area contributed by atoms with E-state index in [0.717, 1.165) is 0 Å². The van der Waals surface area contributed by atoms with Crippen LogP contribution in [-0.2, 0) is 0 Å². The molecule has 0 atom stereocenters. The molecule has 1 amide bonds. The van der Waals surface area contributed by atoms with Gasteiger partial charge in [0.1, 0.15) is 23.5 Å². The standard InChI is InChI=1S/C22H24ClFN6O2/c1-11(2)18-17(8-14(20(31)29-18)13-7-12(23)5-6-16(13)24)28-19-15(9-26-10-27-19)21(32)30-22(3,4)25/h5-11H,25H2,1-4H3,(H,29,31)(H,30,32)(H,26,27,28). The number of carbonyl (C=O) groups excluding carboxylic acids is 1. The molecule has 0 aliphatic rings. The zero-order chi connectivity index (χ0) is 23.6. The maximum Gasteiger partial charge on any atom is 0.258 e. The molecule has 10 heteroatoms. The lowest BCUT2D eigenvalue weighted by molar-refractivity contribution is 0.0915. The third-order valence-corrected chi connectivity index (χ3v) is 4.75. The van der Waals surface area contributed by atoms with Gasteiger partial charge in [0, 0.05) is 22.5 Å². The van der Waals surface area contributed by atoms with Crippen LogP contribution in [-0.4, -0.2) is 26.5 Å². The SMILES string of the molecule is CC(C)c1[nH]c(=O)c(-c2cc(Cl)ccc2F)cc1Nc1ncncc1C(=O)NC(C)(C)N. The molecule has 0 saturated heterocycles. The average molecular weight is 459 g/mol. The number of nitrogens with two attached hydrogens (primary N) is 1. The van der Waals surface area contributed by atoms with Crippen molar-refractivity contribution in [2.24, 2.45) is 5.73 Å². The minimum atomic E-state index is -0.956. The van der Waals surface area contributed by atoms with Gasteiger partial charge in [-0.15, -0.1) is 0 Å². The van der Waals surface area contributed by atoms with Gasteiger partial charge in [-0.3, -0.25) is 9.59 Å². The largest absolute Gasteiger partial charge is 0.338 e. The first-order valence-electron chi connectivity index (χ1n) is 9.87. The summed E-state index contributed by atoms with van der Waals surface area (Å²) in [6.07, 6.45) is 2.64. The number of aromatic nitrogens is 3. The van der Waals surface area contributed by atoms with Crippen LogP contribution in [0.2, 0.25) is 5.02 Å². The molecule has 0 spiro atoms. The number of aromatic amines is 1. The van der Waals surface area contributed by atoms with E-state index in [-0.39, 0.29) is 28.4 Å². The highest BCUT2D eigenvalue weighted by Crippen LogP contribution is 2.30. The fourth-order valence-electron chi connectivity index (χ4n) is 3.09. The van der Waals surface area contributed by atoms with Crippen molar-refractivity contribution < 1.29 is 9.18 Å². The second kappa shape index (κ2) is 9.05. The van der Waals surface area contributed by atoms with Crippen LogP contribution in [0.5, 0.6) is 0 Å². The van der Waals surface area contributed by atoms with E-state index in [4.69, 9.17) is 17.3 Å². The molecule has 0 unspecified atom stereocenters. The number of carbonyl (C=O) groups is 1. The zero-order valence-electron chi connectivity index (χ0n) is 18.1. The fraction of sp³-hybridized carbons (Fsp3) is 0.273. The Kier molecular flexibility index (Phi) is 6.61. The number of nitrogens with zero attached hydrogens (tertiary/aromatic N) is 2. The molecular formula is C22H24ClFN6O2. The van der Waals surface area contributed by atoms with E-state index in [0.29, 0.717) is 16.4 Å². The lowest BCUT2D eigenvalue weighted by atomic mass is 10.0. The molecule has 0 aliphatic carbocycles. The van der Waals surface area contributed by atoms with Gasteiger partial charge < -0.3 is 21.4 Å². The quantitative estimate of drug-likeness (QED) is 0.415. The first-order valence-corrected chi connectivity index (χ1v) is 10.2. The van der Waals surface area contributed by atoms with Gasteiger partial charge >= 0.3 is 0 Å². The van der Waals surface area contributed by atoms with E-state index in [2.05, 4.69) is 25.6 Å². The molecule has 32 heavy (non-hydrogen) atoms. The topological polar surface area (TPSA) is 126 Å². The van der Waals surface area contributed by atoms with Crippen LogP contribution in [0.4, 0.5) is 15.9 Å². The highest BCUT2D eigenvalue weighted by Gasteiger charge is 2.21. The van der Waals surface area contributed by atoms with Crippen LogP contribution in [0.15, 0.2) is 41.6 Å². The lowest BCUT2D eigenvalue weighted by Crippen LogP contribution is -2.50. The molecule has 0 fully saturated rings. The van der Waals surface area contributed by atoms with Gasteiger partial charge in [0.25, 0.3) is 11.5 Å². The highest BCUT2D eigenvalue weighted by molar-refractivity contribution is 6.30. The second-order valence-electron chi connectivity index (χ2n) is 8.20. The number of halogens is 2. The first kappa shape index (κ1) is 23.4. The van der Waals surface area contributed by atoms with Gasteiger partial charge in [-0.1, -0.05) is 25.4 Å². The monoisotopic (exact) mass is 458 g/mol. The van der Waals surface area contributed by atoms with Crippen LogP contribution in [0.25, 0.3) is 11.1 Å². The summed E-state index contributed by atoms with van der Waals surface area (Å²) in [5, 5.41) is 6.03. The van der Waals surface area contributed by atoms with Crippen molar-refractivity contribution in [1.82, 2.24) is 20.3 Å². The molecule has 3 rings (SSSR count). The van der Waals surface area contributed by atoms with Crippen molar-refractivity contribution in [2.45, 2.75) is 39.3 Å². The average Bonchev–Trinajstić information content (AvgIpc) is 2.70. The smallest absolute Gasteiger partial charge is 0.258 e. The fourth-order valence-corrected chi connectivity index (χ4v) is 3.26. The molecule has 2 heterocycles. The molecule has 5 N–H and O–H groups in total. The summed E-state index contributed by atoms with van der Waals surface area (Å²) >= 11 is 6.01. The van der Waals surface area contributed by atoms with Crippen molar-refractivity contribution in [3.8, 4) is 11.1 Å². The predicted molar refractivity (Wildman–Crippen MR) is 123 cm³/mol. The van der Waals surface area contributed by atoms with Crippen LogP contribution in [0.3, 0.4) is 0 Å². The van der Waals surface area contributed by atoms with Crippen LogP contribution in [0, 0.1) is 5.82 Å². The molecule has 0 saturated carbocycles. The van der Waals surface area contributed by atoms with Crippen molar-refractivity contribution in [3.63, 3.8) is 0 Å². The van der Waals surface area contributed by atoms with E-state index < -0.39 is 22.9 Å². The highest BCUT2D eigenvalue weighted by atomic mass is 35.5. The Morgan fingerprint density at radius 2 is 1.97 bits per heavy atom. The number of benzene rings is 1. The van der Waals surface area contributed by atoms with E-state index in [1.165, 1.54) is 36.8 Å². The number of H-pyrrole nitrogens is 1. The summed E-state index contributed by atoms with van der Waals surface area (Å²) < 4.78 is 14.5. The zero-order valence-corrected chi connectivity index (χ0v) is 18.8. The Labute approximate surface area is 189 Å². The van der Waals surface area contributed by atoms with Gasteiger partial charge in [0.2, 0.25) is 0 Å². The van der Waals surface area contributed by atoms with Crippen LogP contribution >= 0.6 is 11.6 Å². The van der Waals surface area contributed by atoms with E-state index >= 15 is 0 Å². The number of amides is 1. The molecule has 2 aromatic heterocycles. The molecule has 3 aromatic rings. The van der Waals surface area contributed by atoms with E-state index in [1.54, 1.807) is 13.8 Å². The van der Waals surface area contributed by atoms with Crippen molar-refractivity contribution in [1.29, 1.82) is 0 Å². The Hall–Kier alpha value is -3.30. The van der Waals surface area contributed by atoms with E-state index in [9.17, 15) is 14.0 Å². The number of nitrogens with one attached hydrogen (secondary N) is 3. The maximum atomic E-state index is 14.5. The number of anilines is 2. The molecule has 1 aromatic carbocycles. The van der Waals surface area contributed by atoms with Gasteiger partial charge in [-0.05, 0) is 44.0 Å². The number of hydrogen-bond donors (Lipinski definition) is 4. The first-order chi connectivity index (χ1) is 15.0. The minimum absolute atomic E-state index is 0.0580. The molecule has 0 bridgehead atoms. The summed E-state index contributed by atoms with van der Waals surface area (Å²) in [5.74, 6) is -0.952. The van der Waals surface area contributed by atoms with Gasteiger partial charge in [-0.2, -0.15) is 0 Å². The molecule has 8 nitrogen and oxygen atoms in total. The number of pyridine rings is 1. The van der Waals surface area contributed by atoms with Gasteiger partial charge in [0.05, 0.1) is 16.9 Å². The second-order valence-corrected chi connectivity index (χ2v) is 8.64. The van der Waals surface area contributed by atoms with Crippen molar-refractivity contribution >= 4 is 29.0 Å². The third-order valence-electron chi connectivity index (χ3n) is 4.51. The Bertz CT molecular complexity index is 1220. The van der Waals surface area contributed by atoms with E-state index in [1.807, 2.05) is 13.8 Å². The summed E-state index contributed by atoms with van der Waals surface area (Å²) in [6, 6.07) is 5.50. The molecule has 0 aliphatic heterocycles. The number of rotatable bonds is 6. The third kappa shape index (κ3) is 5.30. The summed E-state index contributed by atoms with van der Waals surface area (Å²) in [5.41, 5.74) is 5.78. The number of hydrogen-bond acceptors (Lipinski definition) is 6. The minimum Gasteiger partial charge on any atom is -0.338 e. The Morgan fingerprint density at radius 1 is 1.25 bits per heavy atom. The van der Waals surface area contributed by atoms with Crippen LogP contribution in [0.1, 0.15) is 49.7 Å². The normalized spacial score (nSPS) is 11.5. The summed E-state index contributed by atoms with van der Waals surface area (Å²) in [4.78, 5) is 36.3. The van der Waals surface area contributed by atoms with Crippen molar-refractivity contribution in [2.75, 3.05) is 5.32 Å².